The molecule has 2 aromatic heterocycles. The summed E-state index contributed by atoms with van der Waals surface area (Å²) in [7, 11) is 0. The van der Waals surface area contributed by atoms with Gasteiger partial charge in [0.1, 0.15) is 0 Å². The number of nitrogens with zero attached hydrogens (tertiary/aromatic N) is 3. The van der Waals surface area contributed by atoms with E-state index in [4.69, 9.17) is 16.6 Å². The van der Waals surface area contributed by atoms with Crippen LogP contribution >= 0.6 is 50.6 Å². The molecule has 0 spiro atoms. The molecule has 0 amide bonds. The number of hydrogen-bond acceptors (Lipinski definition) is 4. The molecular weight excluding hydrogens is 450 g/mol. The van der Waals surface area contributed by atoms with Gasteiger partial charge in [-0.1, -0.05) is 39.7 Å². The summed E-state index contributed by atoms with van der Waals surface area (Å²) in [6.07, 6.45) is 1.94. The molecule has 26 heavy (non-hydrogen) atoms. The average molecular weight is 461 g/mol. The van der Waals surface area contributed by atoms with Crippen molar-refractivity contribution in [2.24, 2.45) is 0 Å². The van der Waals surface area contributed by atoms with Crippen LogP contribution in [0.1, 0.15) is 5.56 Å². The third-order valence-corrected chi connectivity index (χ3v) is 6.94. The van der Waals surface area contributed by atoms with E-state index in [9.17, 15) is 0 Å². The van der Waals surface area contributed by atoms with E-state index < -0.39 is 0 Å². The second kappa shape index (κ2) is 6.53. The predicted octanol–water partition coefficient (Wildman–Crippen LogP) is 6.68. The third-order valence-electron chi connectivity index (χ3n) is 4.24. The third kappa shape index (κ3) is 2.81. The van der Waals surface area contributed by atoms with Crippen molar-refractivity contribution in [1.29, 1.82) is 0 Å². The van der Waals surface area contributed by atoms with E-state index in [1.54, 1.807) is 11.3 Å². The van der Waals surface area contributed by atoms with Crippen LogP contribution in [0.2, 0.25) is 5.02 Å². The smallest absolute Gasteiger partial charge is 0.211 e. The van der Waals surface area contributed by atoms with Gasteiger partial charge >= 0.3 is 0 Å². The van der Waals surface area contributed by atoms with Crippen molar-refractivity contribution in [3.63, 3.8) is 0 Å². The maximum atomic E-state index is 6.25. The van der Waals surface area contributed by atoms with E-state index in [0.717, 1.165) is 42.9 Å². The molecule has 3 nitrogen and oxygen atoms in total. The lowest BCUT2D eigenvalue weighted by molar-refractivity contribution is 0.875. The summed E-state index contributed by atoms with van der Waals surface area (Å²) < 4.78 is 3.00. The van der Waals surface area contributed by atoms with E-state index in [0.29, 0.717) is 0 Å². The number of hydrogen-bond donors (Lipinski definition) is 0. The molecule has 0 saturated carbocycles. The van der Waals surface area contributed by atoms with E-state index in [-0.39, 0.29) is 0 Å². The molecule has 0 radical (unpaired) electrons. The van der Waals surface area contributed by atoms with Gasteiger partial charge in [-0.25, -0.2) is 9.67 Å². The monoisotopic (exact) mass is 459 g/mol. The van der Waals surface area contributed by atoms with E-state index >= 15 is 0 Å². The number of rotatable bonds is 2. The minimum absolute atomic E-state index is 0.736. The van der Waals surface area contributed by atoms with Crippen LogP contribution < -0.4 is 0 Å². The molecule has 5 rings (SSSR count). The van der Waals surface area contributed by atoms with Crippen molar-refractivity contribution in [3.05, 3.63) is 69.1 Å². The molecule has 0 fully saturated rings. The Bertz CT molecular complexity index is 1120. The summed E-state index contributed by atoms with van der Waals surface area (Å²) in [6, 6.07) is 14.2. The first-order valence-corrected chi connectivity index (χ1v) is 10.9. The Kier molecular flexibility index (Phi) is 4.16. The highest BCUT2D eigenvalue weighted by atomic mass is 79.9. The molecule has 128 valence electrons. The fourth-order valence-corrected chi connectivity index (χ4v) is 5.23. The molecule has 1 aliphatic rings. The fourth-order valence-electron chi connectivity index (χ4n) is 3.00. The van der Waals surface area contributed by atoms with Gasteiger partial charge in [0.15, 0.2) is 0 Å². The van der Waals surface area contributed by atoms with Gasteiger partial charge in [0.25, 0.3) is 0 Å². The number of fused-ring (bicyclic) bond motifs is 3. The Balaban J connectivity index is 1.61. The van der Waals surface area contributed by atoms with Gasteiger partial charge in [-0.05, 0) is 30.3 Å². The van der Waals surface area contributed by atoms with Crippen molar-refractivity contribution in [3.8, 4) is 27.6 Å². The Hall–Kier alpha value is -1.60. The summed E-state index contributed by atoms with van der Waals surface area (Å²) in [5.74, 6) is 0.912. The van der Waals surface area contributed by atoms with Crippen molar-refractivity contribution < 1.29 is 0 Å². The second-order valence-corrected chi connectivity index (χ2v) is 9.09. The number of halogens is 2. The lowest BCUT2D eigenvalue weighted by Crippen LogP contribution is -2.03. The summed E-state index contributed by atoms with van der Waals surface area (Å²) in [4.78, 5) is 6.05. The molecular formula is C19H11BrClN3S2. The van der Waals surface area contributed by atoms with Crippen LogP contribution in [-0.2, 0) is 5.75 Å². The molecule has 0 bridgehead atoms. The Labute approximate surface area is 172 Å². The van der Waals surface area contributed by atoms with Gasteiger partial charge < -0.3 is 0 Å². The van der Waals surface area contributed by atoms with E-state index in [1.165, 1.54) is 10.5 Å². The van der Waals surface area contributed by atoms with Crippen LogP contribution in [0, 0.1) is 0 Å². The van der Waals surface area contributed by atoms with Crippen molar-refractivity contribution in [1.82, 2.24) is 14.8 Å². The van der Waals surface area contributed by atoms with Gasteiger partial charge in [0.2, 0.25) is 5.13 Å². The normalized spacial score (nSPS) is 12.7. The first kappa shape index (κ1) is 16.6. The molecule has 1 aliphatic heterocycles. The fraction of sp³-hybridized carbons (Fsp3) is 0.0526. The molecule has 3 heterocycles. The summed E-state index contributed by atoms with van der Waals surface area (Å²) >= 11 is 13.1. The molecule has 4 aromatic rings. The maximum absolute atomic E-state index is 6.25. The van der Waals surface area contributed by atoms with Gasteiger partial charge in [-0.2, -0.15) is 5.10 Å². The first-order valence-electron chi connectivity index (χ1n) is 7.90. The molecule has 2 aromatic carbocycles. The van der Waals surface area contributed by atoms with Crippen LogP contribution in [0.4, 0.5) is 0 Å². The summed E-state index contributed by atoms with van der Waals surface area (Å²) in [5.41, 5.74) is 5.48. The summed E-state index contributed by atoms with van der Waals surface area (Å²) in [5, 5.41) is 8.29. The van der Waals surface area contributed by atoms with Crippen molar-refractivity contribution in [2.75, 3.05) is 0 Å². The number of thiazole rings is 1. The van der Waals surface area contributed by atoms with Crippen LogP contribution in [0.25, 0.3) is 27.6 Å². The lowest BCUT2D eigenvalue weighted by Gasteiger charge is -2.17. The van der Waals surface area contributed by atoms with Crippen LogP contribution in [-0.4, -0.2) is 14.8 Å². The largest absolute Gasteiger partial charge is 0.218 e. The zero-order valence-corrected chi connectivity index (χ0v) is 17.3. The van der Waals surface area contributed by atoms with Gasteiger partial charge in [-0.3, -0.25) is 0 Å². The van der Waals surface area contributed by atoms with Crippen LogP contribution in [0.3, 0.4) is 0 Å². The Morgan fingerprint density at radius 2 is 1.96 bits per heavy atom. The van der Waals surface area contributed by atoms with Crippen molar-refractivity contribution in [2.45, 2.75) is 10.6 Å². The Morgan fingerprint density at radius 3 is 2.81 bits per heavy atom. The first-order chi connectivity index (χ1) is 12.7. The topological polar surface area (TPSA) is 30.7 Å². The number of aromatic nitrogens is 3. The number of benzene rings is 2. The zero-order valence-electron chi connectivity index (χ0n) is 13.3. The highest BCUT2D eigenvalue weighted by Crippen LogP contribution is 2.43. The molecule has 0 aliphatic carbocycles. The molecule has 0 atom stereocenters. The molecule has 0 saturated heterocycles. The SMILES string of the molecule is Clc1ccc2c(c1)-c1c(cnn1-c1nc(-c3ccc(Br)cc3)cs1)CS2. The van der Waals surface area contributed by atoms with Gasteiger partial charge in [-0.15, -0.1) is 23.1 Å². The number of thioether (sulfide) groups is 1. The molecule has 7 heteroatoms. The zero-order chi connectivity index (χ0) is 17.7. The highest BCUT2D eigenvalue weighted by Gasteiger charge is 2.23. The maximum Gasteiger partial charge on any atom is 0.211 e. The minimum Gasteiger partial charge on any atom is -0.218 e. The van der Waals surface area contributed by atoms with Crippen LogP contribution in [0.15, 0.2) is 63.4 Å². The van der Waals surface area contributed by atoms with E-state index in [2.05, 4.69) is 44.6 Å². The average Bonchev–Trinajstić information content (AvgIpc) is 3.29. The summed E-state index contributed by atoms with van der Waals surface area (Å²) in [6.45, 7) is 0. The molecule has 0 N–H and O–H groups in total. The highest BCUT2D eigenvalue weighted by molar-refractivity contribution is 9.10. The lowest BCUT2D eigenvalue weighted by atomic mass is 10.1. The second-order valence-electron chi connectivity index (χ2n) is 5.88. The molecule has 0 unspecified atom stereocenters. The standard InChI is InChI=1S/C19H11BrClN3S2/c20-13-3-1-11(2-4-13)16-10-26-19(23-16)24-18-12(8-22-24)9-25-17-6-5-14(21)7-15(17)18/h1-8,10H,9H2. The minimum atomic E-state index is 0.736. The van der Waals surface area contributed by atoms with Gasteiger partial charge in [0, 0.05) is 42.2 Å². The van der Waals surface area contributed by atoms with E-state index in [1.807, 2.05) is 46.9 Å². The predicted molar refractivity (Wildman–Crippen MR) is 112 cm³/mol. The quantitative estimate of drug-likeness (QED) is 0.334. The van der Waals surface area contributed by atoms with Crippen LogP contribution in [0.5, 0.6) is 0 Å². The van der Waals surface area contributed by atoms with Gasteiger partial charge in [0.05, 0.1) is 17.6 Å². The van der Waals surface area contributed by atoms with Crippen molar-refractivity contribution >= 4 is 50.6 Å². The Morgan fingerprint density at radius 1 is 1.12 bits per heavy atom.